The summed E-state index contributed by atoms with van der Waals surface area (Å²) in [5.41, 5.74) is -0.206. The molecule has 0 spiro atoms. The van der Waals surface area contributed by atoms with Crippen LogP contribution in [-0.2, 0) is 9.59 Å². The van der Waals surface area contributed by atoms with Crippen molar-refractivity contribution in [2.24, 2.45) is 11.3 Å². The molecule has 108 valence electrons. The van der Waals surface area contributed by atoms with Crippen LogP contribution in [0.15, 0.2) is 0 Å². The molecule has 4 heteroatoms. The molecule has 1 saturated carbocycles. The summed E-state index contributed by atoms with van der Waals surface area (Å²) in [6.45, 7) is 4.68. The lowest BCUT2D eigenvalue weighted by atomic mass is 9.74. The van der Waals surface area contributed by atoms with E-state index in [0.717, 1.165) is 25.7 Å². The SMILES string of the molecule is CC1CC(C(=O)O)CCN1C(=O)C1(C)CCCCC1. The third-order valence-electron chi connectivity index (χ3n) is 4.96. The lowest BCUT2D eigenvalue weighted by Crippen LogP contribution is -2.51. The highest BCUT2D eigenvalue weighted by Crippen LogP contribution is 2.39. The number of carboxylic acid groups (broad SMARTS) is 1. The number of hydrogen-bond acceptors (Lipinski definition) is 2. The van der Waals surface area contributed by atoms with Crippen LogP contribution in [0.1, 0.15) is 58.8 Å². The van der Waals surface area contributed by atoms with Crippen LogP contribution >= 0.6 is 0 Å². The van der Waals surface area contributed by atoms with E-state index in [9.17, 15) is 9.59 Å². The maximum Gasteiger partial charge on any atom is 0.306 e. The standard InChI is InChI=1S/C15H25NO3/c1-11-10-12(13(17)18)6-9-16(11)14(19)15(2)7-4-3-5-8-15/h11-12H,3-10H2,1-2H3,(H,17,18). The van der Waals surface area contributed by atoms with E-state index < -0.39 is 5.97 Å². The van der Waals surface area contributed by atoms with Gasteiger partial charge in [-0.05, 0) is 32.6 Å². The minimum atomic E-state index is -0.720. The Morgan fingerprint density at radius 3 is 2.37 bits per heavy atom. The molecule has 1 saturated heterocycles. The molecule has 0 radical (unpaired) electrons. The first kappa shape index (κ1) is 14.4. The van der Waals surface area contributed by atoms with Crippen LogP contribution in [0, 0.1) is 11.3 Å². The van der Waals surface area contributed by atoms with Crippen LogP contribution in [0.2, 0.25) is 0 Å². The predicted octanol–water partition coefficient (Wildman–Crippen LogP) is 2.67. The topological polar surface area (TPSA) is 57.6 Å². The largest absolute Gasteiger partial charge is 0.481 e. The van der Waals surface area contributed by atoms with Gasteiger partial charge in [0.2, 0.25) is 5.91 Å². The Kier molecular flexibility index (Phi) is 4.16. The van der Waals surface area contributed by atoms with Crippen LogP contribution in [-0.4, -0.2) is 34.5 Å². The highest BCUT2D eigenvalue weighted by Gasteiger charge is 2.41. The molecule has 1 N–H and O–H groups in total. The number of likely N-dealkylation sites (tertiary alicyclic amines) is 1. The van der Waals surface area contributed by atoms with Gasteiger partial charge in [-0.2, -0.15) is 0 Å². The van der Waals surface area contributed by atoms with Crippen molar-refractivity contribution in [1.29, 1.82) is 0 Å². The fraction of sp³-hybridized carbons (Fsp3) is 0.867. The van der Waals surface area contributed by atoms with Crippen LogP contribution < -0.4 is 0 Å². The first-order chi connectivity index (χ1) is 8.94. The molecule has 1 amide bonds. The van der Waals surface area contributed by atoms with E-state index in [1.54, 1.807) is 0 Å². The van der Waals surface area contributed by atoms with Gasteiger partial charge in [-0.1, -0.05) is 26.2 Å². The van der Waals surface area contributed by atoms with Crippen LogP contribution in [0.5, 0.6) is 0 Å². The molecule has 1 aliphatic heterocycles. The molecule has 2 atom stereocenters. The average molecular weight is 267 g/mol. The number of nitrogens with zero attached hydrogens (tertiary/aromatic N) is 1. The molecule has 0 aromatic heterocycles. The molecule has 0 aromatic carbocycles. The Hall–Kier alpha value is -1.06. The smallest absolute Gasteiger partial charge is 0.306 e. The molecule has 1 heterocycles. The lowest BCUT2D eigenvalue weighted by molar-refractivity contribution is -0.152. The summed E-state index contributed by atoms with van der Waals surface area (Å²) in [7, 11) is 0. The Bertz CT molecular complexity index is 360. The molecular formula is C15H25NO3. The number of carboxylic acids is 1. The number of hydrogen-bond donors (Lipinski definition) is 1. The molecule has 0 aromatic rings. The Balaban J connectivity index is 2.02. The van der Waals surface area contributed by atoms with Crippen molar-refractivity contribution < 1.29 is 14.7 Å². The summed E-state index contributed by atoms with van der Waals surface area (Å²) in [6.07, 6.45) is 6.68. The molecular weight excluding hydrogens is 242 g/mol. The quantitative estimate of drug-likeness (QED) is 0.836. The first-order valence-electron chi connectivity index (χ1n) is 7.48. The summed E-state index contributed by atoms with van der Waals surface area (Å²) in [6, 6.07) is 0.0566. The number of amides is 1. The highest BCUT2D eigenvalue weighted by atomic mass is 16.4. The van der Waals surface area contributed by atoms with Gasteiger partial charge < -0.3 is 10.0 Å². The summed E-state index contributed by atoms with van der Waals surface area (Å²) in [5.74, 6) is -0.746. The highest BCUT2D eigenvalue weighted by molar-refractivity contribution is 5.83. The van der Waals surface area contributed by atoms with Gasteiger partial charge in [0.25, 0.3) is 0 Å². The number of rotatable bonds is 2. The van der Waals surface area contributed by atoms with Crippen LogP contribution in [0.3, 0.4) is 0 Å². The average Bonchev–Trinajstić information content (AvgIpc) is 2.38. The zero-order valence-corrected chi connectivity index (χ0v) is 12.0. The monoisotopic (exact) mass is 267 g/mol. The normalized spacial score (nSPS) is 30.9. The third kappa shape index (κ3) is 2.93. The van der Waals surface area contributed by atoms with Gasteiger partial charge in [-0.25, -0.2) is 0 Å². The van der Waals surface area contributed by atoms with Gasteiger partial charge in [-0.15, -0.1) is 0 Å². The minimum Gasteiger partial charge on any atom is -0.481 e. The molecule has 0 bridgehead atoms. The molecule has 2 aliphatic rings. The second-order valence-corrected chi connectivity index (χ2v) is 6.53. The van der Waals surface area contributed by atoms with E-state index in [4.69, 9.17) is 5.11 Å². The Morgan fingerprint density at radius 2 is 1.84 bits per heavy atom. The first-order valence-corrected chi connectivity index (χ1v) is 7.48. The third-order valence-corrected chi connectivity index (χ3v) is 4.96. The zero-order valence-electron chi connectivity index (χ0n) is 12.0. The van der Waals surface area contributed by atoms with Crippen molar-refractivity contribution in [2.75, 3.05) is 6.54 Å². The van der Waals surface area contributed by atoms with Crippen molar-refractivity contribution in [3.8, 4) is 0 Å². The Morgan fingerprint density at radius 1 is 1.21 bits per heavy atom. The number of carbonyl (C=O) groups is 2. The van der Waals surface area contributed by atoms with Gasteiger partial charge in [0.15, 0.2) is 0 Å². The second kappa shape index (κ2) is 5.51. The van der Waals surface area contributed by atoms with Gasteiger partial charge in [-0.3, -0.25) is 9.59 Å². The number of piperidine rings is 1. The molecule has 2 unspecified atom stereocenters. The lowest BCUT2D eigenvalue weighted by Gasteiger charge is -2.43. The van der Waals surface area contributed by atoms with E-state index in [1.807, 2.05) is 11.8 Å². The summed E-state index contributed by atoms with van der Waals surface area (Å²) < 4.78 is 0. The van der Waals surface area contributed by atoms with Crippen molar-refractivity contribution in [1.82, 2.24) is 4.90 Å². The van der Waals surface area contributed by atoms with E-state index in [2.05, 4.69) is 6.92 Å². The van der Waals surface area contributed by atoms with Crippen LogP contribution in [0.25, 0.3) is 0 Å². The van der Waals surface area contributed by atoms with Gasteiger partial charge >= 0.3 is 5.97 Å². The van der Waals surface area contributed by atoms with E-state index in [0.29, 0.717) is 19.4 Å². The summed E-state index contributed by atoms with van der Waals surface area (Å²) in [4.78, 5) is 25.7. The number of carbonyl (C=O) groups excluding carboxylic acids is 1. The van der Waals surface area contributed by atoms with E-state index in [1.165, 1.54) is 6.42 Å². The zero-order chi connectivity index (χ0) is 14.0. The van der Waals surface area contributed by atoms with Crippen molar-refractivity contribution in [3.05, 3.63) is 0 Å². The van der Waals surface area contributed by atoms with Gasteiger partial charge in [0.1, 0.15) is 0 Å². The Labute approximate surface area is 115 Å². The second-order valence-electron chi connectivity index (χ2n) is 6.53. The maximum absolute atomic E-state index is 12.7. The molecule has 2 rings (SSSR count). The fourth-order valence-corrected chi connectivity index (χ4v) is 3.59. The molecule has 2 fully saturated rings. The molecule has 4 nitrogen and oxygen atoms in total. The van der Waals surface area contributed by atoms with Crippen molar-refractivity contribution in [2.45, 2.75) is 64.8 Å². The van der Waals surface area contributed by atoms with Crippen molar-refractivity contribution in [3.63, 3.8) is 0 Å². The predicted molar refractivity (Wildman–Crippen MR) is 72.7 cm³/mol. The molecule has 19 heavy (non-hydrogen) atoms. The maximum atomic E-state index is 12.7. The minimum absolute atomic E-state index is 0.0566. The van der Waals surface area contributed by atoms with Crippen molar-refractivity contribution >= 4 is 11.9 Å². The van der Waals surface area contributed by atoms with E-state index in [-0.39, 0.29) is 23.3 Å². The summed E-state index contributed by atoms with van der Waals surface area (Å²) >= 11 is 0. The summed E-state index contributed by atoms with van der Waals surface area (Å²) in [5, 5.41) is 9.08. The van der Waals surface area contributed by atoms with Gasteiger partial charge in [0.05, 0.1) is 5.92 Å². The van der Waals surface area contributed by atoms with E-state index >= 15 is 0 Å². The fourth-order valence-electron chi connectivity index (χ4n) is 3.59. The molecule has 1 aliphatic carbocycles. The van der Waals surface area contributed by atoms with Crippen LogP contribution in [0.4, 0.5) is 0 Å². The number of aliphatic carboxylic acids is 1. The van der Waals surface area contributed by atoms with Gasteiger partial charge in [0, 0.05) is 18.0 Å².